The van der Waals surface area contributed by atoms with Crippen LogP contribution >= 0.6 is 0 Å². The highest BCUT2D eigenvalue weighted by Gasteiger charge is 2.56. The molecule has 2 aromatic carbocycles. The van der Waals surface area contributed by atoms with Crippen molar-refractivity contribution in [2.75, 3.05) is 33.4 Å². The molecule has 1 unspecified atom stereocenters. The van der Waals surface area contributed by atoms with Gasteiger partial charge in [0.25, 0.3) is 0 Å². The van der Waals surface area contributed by atoms with Gasteiger partial charge in [0.1, 0.15) is 11.9 Å². The molecule has 3 aliphatic rings. The van der Waals surface area contributed by atoms with Crippen LogP contribution in [0.1, 0.15) is 25.8 Å². The Morgan fingerprint density at radius 1 is 1.07 bits per heavy atom. The summed E-state index contributed by atoms with van der Waals surface area (Å²) < 4.78 is 56.7. The van der Waals surface area contributed by atoms with E-state index in [0.29, 0.717) is 12.4 Å². The minimum atomic E-state index is -3.96. The number of nitrogens with one attached hydrogen (secondary N) is 1. The number of hydrogen-bond acceptors (Lipinski definition) is 9. The Labute approximate surface area is 247 Å². The Bertz CT molecular complexity index is 1290. The molecule has 42 heavy (non-hydrogen) atoms. The molecule has 3 fully saturated rings. The zero-order valence-corrected chi connectivity index (χ0v) is 24.9. The second-order valence-electron chi connectivity index (χ2n) is 11.4. The zero-order chi connectivity index (χ0) is 29.9. The quantitative estimate of drug-likeness (QED) is 0.375. The van der Waals surface area contributed by atoms with Crippen molar-refractivity contribution in [3.8, 4) is 5.75 Å². The molecular weight excluding hydrogens is 564 g/mol. The van der Waals surface area contributed by atoms with Crippen LogP contribution in [0.2, 0.25) is 0 Å². The summed E-state index contributed by atoms with van der Waals surface area (Å²) >= 11 is 0. The molecule has 0 spiro atoms. The molecule has 0 saturated carbocycles. The van der Waals surface area contributed by atoms with Crippen LogP contribution in [0, 0.1) is 17.8 Å². The van der Waals surface area contributed by atoms with Gasteiger partial charge in [-0.15, -0.1) is 0 Å². The highest BCUT2D eigenvalue weighted by molar-refractivity contribution is 7.89. The highest BCUT2D eigenvalue weighted by atomic mass is 32.2. The van der Waals surface area contributed by atoms with Crippen molar-refractivity contribution in [3.63, 3.8) is 0 Å². The summed E-state index contributed by atoms with van der Waals surface area (Å²) in [6.45, 7) is 4.57. The van der Waals surface area contributed by atoms with E-state index in [1.54, 1.807) is 12.1 Å². The number of alkyl carbamates (subject to hydrolysis) is 1. The number of hydrogen-bond donors (Lipinski definition) is 2. The third kappa shape index (κ3) is 6.90. The average molecular weight is 605 g/mol. The monoisotopic (exact) mass is 604 g/mol. The van der Waals surface area contributed by atoms with Gasteiger partial charge in [-0.05, 0) is 48.6 Å². The Morgan fingerprint density at radius 3 is 2.50 bits per heavy atom. The van der Waals surface area contributed by atoms with E-state index in [0.717, 1.165) is 12.0 Å². The molecule has 11 nitrogen and oxygen atoms in total. The van der Waals surface area contributed by atoms with Gasteiger partial charge in [-0.3, -0.25) is 0 Å². The molecule has 3 heterocycles. The van der Waals surface area contributed by atoms with Crippen molar-refractivity contribution >= 4 is 16.1 Å². The number of rotatable bonds is 12. The number of amides is 1. The Kier molecular flexibility index (Phi) is 9.70. The fraction of sp³-hybridized carbons (Fsp3) is 0.567. The molecular formula is C30H40N2O9S. The first kappa shape index (κ1) is 30.7. The van der Waals surface area contributed by atoms with Gasteiger partial charge in [0.2, 0.25) is 10.0 Å². The second kappa shape index (κ2) is 13.3. The molecule has 230 valence electrons. The van der Waals surface area contributed by atoms with E-state index in [1.807, 2.05) is 44.2 Å². The van der Waals surface area contributed by atoms with E-state index >= 15 is 0 Å². The minimum Gasteiger partial charge on any atom is -0.497 e. The molecule has 1 amide bonds. The summed E-state index contributed by atoms with van der Waals surface area (Å²) in [6.07, 6.45) is -2.21. The molecule has 3 aliphatic heterocycles. The van der Waals surface area contributed by atoms with Crippen molar-refractivity contribution in [2.45, 2.75) is 62.4 Å². The van der Waals surface area contributed by atoms with E-state index in [4.69, 9.17) is 23.7 Å². The van der Waals surface area contributed by atoms with Crippen LogP contribution in [0.5, 0.6) is 5.75 Å². The Morgan fingerprint density at radius 2 is 1.81 bits per heavy atom. The Balaban J connectivity index is 1.31. The van der Waals surface area contributed by atoms with Gasteiger partial charge < -0.3 is 34.1 Å². The van der Waals surface area contributed by atoms with Crippen molar-refractivity contribution in [1.29, 1.82) is 0 Å². The molecule has 2 N–H and O–H groups in total. The summed E-state index contributed by atoms with van der Waals surface area (Å²) in [4.78, 5) is 13.3. The van der Waals surface area contributed by atoms with Crippen molar-refractivity contribution < 1.29 is 42.0 Å². The predicted molar refractivity (Wildman–Crippen MR) is 152 cm³/mol. The summed E-state index contributed by atoms with van der Waals surface area (Å²) in [6, 6.07) is 14.7. The molecule has 2 aromatic rings. The van der Waals surface area contributed by atoms with Crippen LogP contribution in [0.15, 0.2) is 59.5 Å². The SMILES string of the molecule is COc1ccc(S(=O)(=O)N(CC(C)C)C[C@@H](O)[C@H](Cc2ccccc2)NC(=O)O[C@H]2CO[C@H]3O[C@@H]4OCC[C@@H]4C32)cc1. The van der Waals surface area contributed by atoms with Crippen LogP contribution in [-0.4, -0.2) is 88.2 Å². The van der Waals surface area contributed by atoms with Gasteiger partial charge in [0.05, 0.1) is 43.3 Å². The molecule has 5 rings (SSSR count). The van der Waals surface area contributed by atoms with Crippen LogP contribution in [-0.2, 0) is 35.4 Å². The number of carbonyl (C=O) groups excluding carboxylic acids is 1. The van der Waals surface area contributed by atoms with E-state index in [9.17, 15) is 18.3 Å². The summed E-state index contributed by atoms with van der Waals surface area (Å²) in [5, 5.41) is 14.3. The summed E-state index contributed by atoms with van der Waals surface area (Å²) in [5.74, 6) is 0.489. The third-order valence-corrected chi connectivity index (χ3v) is 9.84. The molecule has 0 aromatic heterocycles. The molecule has 0 aliphatic carbocycles. The molecule has 0 bridgehead atoms. The number of sulfonamides is 1. The first-order chi connectivity index (χ1) is 20.2. The van der Waals surface area contributed by atoms with Gasteiger partial charge in [-0.25, -0.2) is 13.2 Å². The smallest absolute Gasteiger partial charge is 0.407 e. The minimum absolute atomic E-state index is 0.0111. The van der Waals surface area contributed by atoms with Gasteiger partial charge >= 0.3 is 6.09 Å². The number of benzene rings is 2. The lowest BCUT2D eigenvalue weighted by Gasteiger charge is -2.31. The van der Waals surface area contributed by atoms with Gasteiger partial charge in [0, 0.05) is 19.0 Å². The van der Waals surface area contributed by atoms with Crippen molar-refractivity contribution in [2.24, 2.45) is 17.8 Å². The normalized spacial score (nSPS) is 26.6. The van der Waals surface area contributed by atoms with Gasteiger partial charge in [-0.2, -0.15) is 4.31 Å². The second-order valence-corrected chi connectivity index (χ2v) is 13.4. The summed E-state index contributed by atoms with van der Waals surface area (Å²) in [7, 11) is -2.45. The fourth-order valence-electron chi connectivity index (χ4n) is 5.92. The summed E-state index contributed by atoms with van der Waals surface area (Å²) in [5.41, 5.74) is 0.870. The fourth-order valence-corrected chi connectivity index (χ4v) is 7.54. The molecule has 0 radical (unpaired) electrons. The number of nitrogens with zero attached hydrogens (tertiary/aromatic N) is 1. The standard InChI is InChI=1S/C30H40N2O9S/c1-19(2)16-32(42(35,36)22-11-9-21(37-3)10-12-22)17-25(33)24(15-20-7-5-4-6-8-20)31-30(34)40-26-18-39-29-27(26)23-13-14-38-28(23)41-29/h4-12,19,23-29,33H,13-18H2,1-3H3,(H,31,34)/t23-,24+,25-,26+,27?,28+,29+/m1/s1. The van der Waals surface area contributed by atoms with Gasteiger partial charge in [0.15, 0.2) is 12.6 Å². The maximum Gasteiger partial charge on any atom is 0.407 e. The van der Waals surface area contributed by atoms with Crippen LogP contribution in [0.25, 0.3) is 0 Å². The number of ether oxygens (including phenoxy) is 5. The topological polar surface area (TPSA) is 133 Å². The number of fused-ring (bicyclic) bond motifs is 3. The van der Waals surface area contributed by atoms with E-state index < -0.39 is 40.7 Å². The van der Waals surface area contributed by atoms with Crippen molar-refractivity contribution in [1.82, 2.24) is 9.62 Å². The van der Waals surface area contributed by atoms with Gasteiger partial charge in [-0.1, -0.05) is 44.2 Å². The lowest BCUT2D eigenvalue weighted by atomic mass is 9.89. The lowest BCUT2D eigenvalue weighted by molar-refractivity contribution is -0.188. The molecule has 3 saturated heterocycles. The predicted octanol–water partition coefficient (Wildman–Crippen LogP) is 2.77. The number of carbonyl (C=O) groups is 1. The largest absolute Gasteiger partial charge is 0.497 e. The Hall–Kier alpha value is -2.74. The van der Waals surface area contributed by atoms with E-state index in [2.05, 4.69) is 5.32 Å². The van der Waals surface area contributed by atoms with Crippen LogP contribution in [0.3, 0.4) is 0 Å². The van der Waals surface area contributed by atoms with Crippen molar-refractivity contribution in [3.05, 3.63) is 60.2 Å². The third-order valence-electron chi connectivity index (χ3n) is 8.00. The maximum atomic E-state index is 13.7. The maximum absolute atomic E-state index is 13.7. The van der Waals surface area contributed by atoms with Crippen LogP contribution < -0.4 is 10.1 Å². The lowest BCUT2D eigenvalue weighted by Crippen LogP contribution is -2.52. The average Bonchev–Trinajstić information content (AvgIpc) is 3.66. The highest BCUT2D eigenvalue weighted by Crippen LogP contribution is 2.45. The first-order valence-corrected chi connectivity index (χ1v) is 15.8. The van der Waals surface area contributed by atoms with E-state index in [1.165, 1.54) is 23.5 Å². The van der Waals surface area contributed by atoms with Crippen LogP contribution in [0.4, 0.5) is 4.79 Å². The molecule has 7 atom stereocenters. The number of aliphatic hydroxyl groups is 1. The van der Waals surface area contributed by atoms with E-state index in [-0.39, 0.29) is 55.1 Å². The first-order valence-electron chi connectivity index (χ1n) is 14.4. The number of methoxy groups -OCH3 is 1. The number of aliphatic hydroxyl groups excluding tert-OH is 1. The molecule has 12 heteroatoms. The zero-order valence-electron chi connectivity index (χ0n) is 24.1.